The van der Waals surface area contributed by atoms with Gasteiger partial charge in [0.15, 0.2) is 0 Å². The third-order valence-corrected chi connectivity index (χ3v) is 3.34. The van der Waals surface area contributed by atoms with Gasteiger partial charge in [0, 0.05) is 12.4 Å². The maximum Gasteiger partial charge on any atom is 0.338 e. The first-order valence-corrected chi connectivity index (χ1v) is 7.32. The van der Waals surface area contributed by atoms with Gasteiger partial charge < -0.3 is 10.4 Å². The van der Waals surface area contributed by atoms with Crippen LogP contribution in [0.15, 0.2) is 49.1 Å². The molecule has 0 aliphatic rings. The molecule has 3 aromatic rings. The molecule has 3 rings (SSSR count). The minimum absolute atomic E-state index is 0.00992. The van der Waals surface area contributed by atoms with Gasteiger partial charge >= 0.3 is 5.97 Å². The molecular weight excluding hydrogens is 329 g/mol. The van der Waals surface area contributed by atoms with Crippen LogP contribution in [0, 0.1) is 5.82 Å². The van der Waals surface area contributed by atoms with Gasteiger partial charge in [-0.3, -0.25) is 14.2 Å². The number of aromatic nitrogens is 4. The maximum absolute atomic E-state index is 13.2. The normalized spacial score (nSPS) is 10.6. The number of nitrogens with one attached hydrogen (secondary N) is 1. The number of rotatable bonds is 6. The molecule has 0 atom stereocenters. The average molecular weight is 343 g/mol. The van der Waals surface area contributed by atoms with Gasteiger partial charge in [-0.25, -0.2) is 9.18 Å². The Morgan fingerprint density at radius 3 is 2.68 bits per heavy atom. The Balaban J connectivity index is 1.58. The van der Waals surface area contributed by atoms with E-state index in [1.165, 1.54) is 35.4 Å². The highest BCUT2D eigenvalue weighted by Gasteiger charge is 2.10. The number of hydrogen-bond donors (Lipinski definition) is 2. The Hall–Kier alpha value is -3.49. The largest absolute Gasteiger partial charge is 0.478 e. The summed E-state index contributed by atoms with van der Waals surface area (Å²) in [4.78, 5) is 22.7. The Morgan fingerprint density at radius 2 is 1.96 bits per heavy atom. The van der Waals surface area contributed by atoms with Crippen LogP contribution >= 0.6 is 0 Å². The fourth-order valence-corrected chi connectivity index (χ4v) is 2.25. The molecule has 0 radical (unpaired) electrons. The smallest absolute Gasteiger partial charge is 0.338 e. The van der Waals surface area contributed by atoms with Crippen LogP contribution in [-0.2, 0) is 17.9 Å². The van der Waals surface area contributed by atoms with Crippen molar-refractivity contribution in [3.63, 3.8) is 0 Å². The molecule has 2 aromatic heterocycles. The molecule has 0 saturated carbocycles. The first-order chi connectivity index (χ1) is 12.0. The Bertz CT molecular complexity index is 918. The molecule has 1 amide bonds. The van der Waals surface area contributed by atoms with Crippen LogP contribution in [0.3, 0.4) is 0 Å². The minimum atomic E-state index is -1.11. The number of aromatic carboxylic acids is 1. The van der Waals surface area contributed by atoms with Crippen LogP contribution in [0.2, 0.25) is 0 Å². The molecule has 0 aliphatic heterocycles. The zero-order chi connectivity index (χ0) is 17.8. The summed E-state index contributed by atoms with van der Waals surface area (Å²) >= 11 is 0. The van der Waals surface area contributed by atoms with E-state index in [0.717, 1.165) is 5.56 Å². The van der Waals surface area contributed by atoms with Crippen LogP contribution in [0.25, 0.3) is 0 Å². The molecule has 2 heterocycles. The maximum atomic E-state index is 13.2. The quantitative estimate of drug-likeness (QED) is 0.708. The fraction of sp³-hybridized carbons (Fsp3) is 0.125. The summed E-state index contributed by atoms with van der Waals surface area (Å²) in [5, 5.41) is 19.4. The van der Waals surface area contributed by atoms with Gasteiger partial charge in [-0.2, -0.15) is 10.2 Å². The summed E-state index contributed by atoms with van der Waals surface area (Å²) < 4.78 is 16.0. The van der Waals surface area contributed by atoms with E-state index in [-0.39, 0.29) is 23.8 Å². The topological polar surface area (TPSA) is 102 Å². The third-order valence-electron chi connectivity index (χ3n) is 3.34. The van der Waals surface area contributed by atoms with E-state index in [9.17, 15) is 14.0 Å². The standard InChI is InChI=1S/C16H14FN5O3/c17-13-3-1-2-11(4-13)7-21-9-14(6-19-21)20-15(23)10-22-8-12(5-18-22)16(24)25/h1-6,8-9H,7,10H2,(H,20,23)(H,24,25). The lowest BCUT2D eigenvalue weighted by atomic mass is 10.2. The Labute approximate surface area is 141 Å². The lowest BCUT2D eigenvalue weighted by Gasteiger charge is -2.03. The zero-order valence-electron chi connectivity index (χ0n) is 13.0. The van der Waals surface area contributed by atoms with E-state index >= 15 is 0 Å². The summed E-state index contributed by atoms with van der Waals surface area (Å²) in [5.41, 5.74) is 1.24. The first-order valence-electron chi connectivity index (χ1n) is 7.32. The molecule has 0 spiro atoms. The first kappa shape index (κ1) is 16.4. The molecule has 0 bridgehead atoms. The number of amides is 1. The van der Waals surface area contributed by atoms with Crippen LogP contribution in [-0.4, -0.2) is 36.5 Å². The zero-order valence-corrected chi connectivity index (χ0v) is 13.0. The Kier molecular flexibility index (Phi) is 4.55. The number of halogens is 1. The van der Waals surface area contributed by atoms with E-state index in [2.05, 4.69) is 15.5 Å². The van der Waals surface area contributed by atoms with Crippen molar-refractivity contribution in [3.8, 4) is 0 Å². The van der Waals surface area contributed by atoms with Gasteiger partial charge in [0.25, 0.3) is 0 Å². The van der Waals surface area contributed by atoms with Gasteiger partial charge in [0.05, 0.1) is 30.2 Å². The molecule has 2 N–H and O–H groups in total. The molecule has 9 heteroatoms. The van der Waals surface area contributed by atoms with Crippen LogP contribution < -0.4 is 5.32 Å². The summed E-state index contributed by atoms with van der Waals surface area (Å²) in [5.74, 6) is -1.80. The van der Waals surface area contributed by atoms with Gasteiger partial charge in [-0.1, -0.05) is 12.1 Å². The SMILES string of the molecule is O=C(Cn1cc(C(=O)O)cn1)Nc1cnn(Cc2cccc(F)c2)c1. The number of anilines is 1. The van der Waals surface area contributed by atoms with Gasteiger partial charge in [0.1, 0.15) is 12.4 Å². The average Bonchev–Trinajstić information content (AvgIpc) is 3.17. The van der Waals surface area contributed by atoms with Crippen LogP contribution in [0.1, 0.15) is 15.9 Å². The number of hydrogen-bond acceptors (Lipinski definition) is 4. The lowest BCUT2D eigenvalue weighted by Crippen LogP contribution is -2.18. The molecule has 0 aliphatic carbocycles. The third kappa shape index (κ3) is 4.28. The summed E-state index contributed by atoms with van der Waals surface area (Å²) in [6.07, 6.45) is 5.54. The van der Waals surface area contributed by atoms with Gasteiger partial charge in [-0.05, 0) is 17.7 Å². The van der Waals surface area contributed by atoms with E-state index in [1.54, 1.807) is 23.0 Å². The van der Waals surface area contributed by atoms with Crippen molar-refractivity contribution in [1.82, 2.24) is 19.6 Å². The summed E-state index contributed by atoms with van der Waals surface area (Å²) in [7, 11) is 0. The summed E-state index contributed by atoms with van der Waals surface area (Å²) in [6.45, 7) is 0.247. The second-order valence-corrected chi connectivity index (χ2v) is 5.34. The highest BCUT2D eigenvalue weighted by Crippen LogP contribution is 2.09. The number of carbonyl (C=O) groups excluding carboxylic acids is 1. The number of carboxylic acid groups (broad SMARTS) is 1. The van der Waals surface area contributed by atoms with Crippen molar-refractivity contribution in [2.24, 2.45) is 0 Å². The van der Waals surface area contributed by atoms with Gasteiger partial charge in [-0.15, -0.1) is 0 Å². The van der Waals surface area contributed by atoms with Crippen molar-refractivity contribution >= 4 is 17.6 Å². The van der Waals surface area contributed by atoms with E-state index in [1.807, 2.05) is 0 Å². The molecule has 128 valence electrons. The van der Waals surface area contributed by atoms with Gasteiger partial charge in [0.2, 0.25) is 5.91 Å². The number of benzene rings is 1. The molecular formula is C16H14FN5O3. The highest BCUT2D eigenvalue weighted by molar-refractivity contribution is 5.90. The second-order valence-electron chi connectivity index (χ2n) is 5.34. The number of carboxylic acids is 1. The minimum Gasteiger partial charge on any atom is -0.478 e. The van der Waals surface area contributed by atoms with Crippen molar-refractivity contribution < 1.29 is 19.1 Å². The fourth-order valence-electron chi connectivity index (χ4n) is 2.25. The number of nitrogens with zero attached hydrogens (tertiary/aromatic N) is 4. The summed E-state index contributed by atoms with van der Waals surface area (Å²) in [6, 6.07) is 6.17. The lowest BCUT2D eigenvalue weighted by molar-refractivity contribution is -0.116. The highest BCUT2D eigenvalue weighted by atomic mass is 19.1. The van der Waals surface area contributed by atoms with Crippen molar-refractivity contribution in [3.05, 3.63) is 66.0 Å². The van der Waals surface area contributed by atoms with E-state index in [0.29, 0.717) is 12.2 Å². The Morgan fingerprint density at radius 1 is 1.16 bits per heavy atom. The predicted octanol–water partition coefficient (Wildman–Crippen LogP) is 1.60. The number of carbonyl (C=O) groups is 2. The second kappa shape index (κ2) is 6.95. The van der Waals surface area contributed by atoms with Crippen LogP contribution in [0.4, 0.5) is 10.1 Å². The predicted molar refractivity (Wildman–Crippen MR) is 85.5 cm³/mol. The van der Waals surface area contributed by atoms with Crippen molar-refractivity contribution in [1.29, 1.82) is 0 Å². The van der Waals surface area contributed by atoms with Crippen molar-refractivity contribution in [2.75, 3.05) is 5.32 Å². The molecule has 0 unspecified atom stereocenters. The molecule has 1 aromatic carbocycles. The molecule has 0 saturated heterocycles. The molecule has 25 heavy (non-hydrogen) atoms. The van der Waals surface area contributed by atoms with E-state index in [4.69, 9.17) is 5.11 Å². The molecule has 0 fully saturated rings. The molecule has 8 nitrogen and oxygen atoms in total. The monoisotopic (exact) mass is 343 g/mol. The van der Waals surface area contributed by atoms with Crippen LogP contribution in [0.5, 0.6) is 0 Å². The van der Waals surface area contributed by atoms with E-state index < -0.39 is 5.97 Å². The van der Waals surface area contributed by atoms with Crippen molar-refractivity contribution in [2.45, 2.75) is 13.1 Å².